The van der Waals surface area contributed by atoms with Crippen molar-refractivity contribution >= 4 is 28.8 Å². The summed E-state index contributed by atoms with van der Waals surface area (Å²) >= 11 is 1.01. The lowest BCUT2D eigenvalue weighted by atomic mass is 9.84. The van der Waals surface area contributed by atoms with Crippen LogP contribution < -0.4 is 20.5 Å². The van der Waals surface area contributed by atoms with E-state index in [9.17, 15) is 24.1 Å². The summed E-state index contributed by atoms with van der Waals surface area (Å²) in [5, 5.41) is 19.5. The first-order valence-corrected chi connectivity index (χ1v) is 9.55. The average Bonchev–Trinajstić information content (AvgIpc) is 3.04. The van der Waals surface area contributed by atoms with E-state index < -0.39 is 23.1 Å². The van der Waals surface area contributed by atoms with Crippen LogP contribution in [0.25, 0.3) is 17.5 Å². The summed E-state index contributed by atoms with van der Waals surface area (Å²) in [4.78, 5) is 13.0. The number of fused-ring (bicyclic) bond motifs is 1. The van der Waals surface area contributed by atoms with Crippen molar-refractivity contribution in [3.05, 3.63) is 96.4 Å². The monoisotopic (exact) mass is 418 g/mol. The van der Waals surface area contributed by atoms with E-state index in [1.165, 1.54) is 42.5 Å². The number of allylic oxidation sites excluding steroid dienone is 1. The summed E-state index contributed by atoms with van der Waals surface area (Å²) in [6, 6.07) is 15.3. The number of benzene rings is 2. The molecule has 30 heavy (non-hydrogen) atoms. The second-order valence-electron chi connectivity index (χ2n) is 6.54. The smallest absolute Gasteiger partial charge is 0.274 e. The van der Waals surface area contributed by atoms with Crippen LogP contribution in [0.1, 0.15) is 17.0 Å². The fourth-order valence-electron chi connectivity index (χ4n) is 3.42. The van der Waals surface area contributed by atoms with Crippen LogP contribution >= 0.6 is 11.3 Å². The highest BCUT2D eigenvalue weighted by Crippen LogP contribution is 2.35. The first kappa shape index (κ1) is 19.3. The van der Waals surface area contributed by atoms with Crippen molar-refractivity contribution in [1.82, 2.24) is 4.57 Å². The molecule has 1 atom stereocenters. The normalized spacial score (nSPS) is 16.2. The van der Waals surface area contributed by atoms with Crippen LogP contribution in [0.5, 0.6) is 0 Å². The average molecular weight is 418 g/mol. The van der Waals surface area contributed by atoms with Gasteiger partial charge in [-0.2, -0.15) is 10.5 Å². The number of halogens is 2. The molecule has 0 aliphatic carbocycles. The van der Waals surface area contributed by atoms with Gasteiger partial charge in [0, 0.05) is 0 Å². The summed E-state index contributed by atoms with van der Waals surface area (Å²) in [6.07, 6.45) is 1.49. The predicted octanol–water partition coefficient (Wildman–Crippen LogP) is 2.14. The number of rotatable bonds is 2. The van der Waals surface area contributed by atoms with Crippen LogP contribution in [0.15, 0.2) is 58.9 Å². The summed E-state index contributed by atoms with van der Waals surface area (Å²) in [5.74, 6) is -1.97. The Balaban J connectivity index is 2.07. The maximum absolute atomic E-state index is 13.8. The Kier molecular flexibility index (Phi) is 4.78. The number of hydrogen-bond acceptors (Lipinski definition) is 5. The largest absolute Gasteiger partial charge is 0.384 e. The lowest BCUT2D eigenvalue weighted by Gasteiger charge is -2.22. The number of hydrogen-bond donors (Lipinski definition) is 1. The van der Waals surface area contributed by atoms with Gasteiger partial charge in [-0.15, -0.1) is 11.3 Å². The zero-order valence-corrected chi connectivity index (χ0v) is 16.1. The fourth-order valence-corrected chi connectivity index (χ4v) is 4.55. The van der Waals surface area contributed by atoms with Crippen LogP contribution in [0, 0.1) is 34.3 Å². The minimum Gasteiger partial charge on any atom is -0.384 e. The minimum absolute atomic E-state index is 0.0122. The van der Waals surface area contributed by atoms with Crippen molar-refractivity contribution in [3.8, 4) is 12.1 Å². The molecule has 146 valence electrons. The molecule has 8 heteroatoms. The van der Waals surface area contributed by atoms with E-state index in [0.717, 1.165) is 15.9 Å². The van der Waals surface area contributed by atoms with Crippen molar-refractivity contribution in [3.63, 3.8) is 0 Å². The molecule has 2 N–H and O–H groups in total. The van der Waals surface area contributed by atoms with Crippen molar-refractivity contribution in [1.29, 1.82) is 10.5 Å². The quantitative estimate of drug-likeness (QED) is 0.690. The molecule has 2 heterocycles. The third-order valence-electron chi connectivity index (χ3n) is 4.72. The summed E-state index contributed by atoms with van der Waals surface area (Å²) < 4.78 is 28.9. The number of nitriles is 2. The van der Waals surface area contributed by atoms with Gasteiger partial charge in [-0.05, 0) is 41.5 Å². The summed E-state index contributed by atoms with van der Waals surface area (Å²) in [7, 11) is 0. The molecule has 0 amide bonds. The lowest BCUT2D eigenvalue weighted by Crippen LogP contribution is -2.38. The fraction of sp³-hybridized carbons (Fsp3) is 0.0455. The predicted molar refractivity (Wildman–Crippen MR) is 109 cm³/mol. The van der Waals surface area contributed by atoms with Gasteiger partial charge in [0.15, 0.2) is 0 Å². The molecule has 0 saturated carbocycles. The highest BCUT2D eigenvalue weighted by atomic mass is 32.1. The number of nitrogens with two attached hydrogens (primary N) is 1. The Morgan fingerprint density at radius 2 is 1.70 bits per heavy atom. The van der Waals surface area contributed by atoms with Crippen molar-refractivity contribution in [2.24, 2.45) is 5.73 Å². The van der Waals surface area contributed by atoms with E-state index in [1.807, 2.05) is 6.07 Å². The second-order valence-corrected chi connectivity index (χ2v) is 7.57. The van der Waals surface area contributed by atoms with E-state index in [2.05, 4.69) is 6.07 Å². The molecule has 0 spiro atoms. The number of aromatic nitrogens is 1. The molecule has 3 aromatic rings. The van der Waals surface area contributed by atoms with Gasteiger partial charge in [0.1, 0.15) is 22.1 Å². The Morgan fingerprint density at radius 1 is 1.03 bits per heavy atom. The van der Waals surface area contributed by atoms with Gasteiger partial charge >= 0.3 is 0 Å². The van der Waals surface area contributed by atoms with Gasteiger partial charge in [0.25, 0.3) is 5.56 Å². The first-order chi connectivity index (χ1) is 14.4. The van der Waals surface area contributed by atoms with Gasteiger partial charge in [0.05, 0.1) is 33.7 Å². The standard InChI is InChI=1S/C22H12F2N4OS/c23-14-5-1-3-12(7-14)8-18-21(29)28-20(27)16(10-25)19(17(11-26)22(28)30-18)13-4-2-6-15(24)9-13/h1-9,19H,27H2. The molecular formula is C22H12F2N4OS. The van der Waals surface area contributed by atoms with E-state index in [-0.39, 0.29) is 26.2 Å². The third kappa shape index (κ3) is 3.10. The molecule has 0 fully saturated rings. The highest BCUT2D eigenvalue weighted by molar-refractivity contribution is 7.07. The highest BCUT2D eigenvalue weighted by Gasteiger charge is 2.32. The molecule has 0 saturated heterocycles. The summed E-state index contributed by atoms with van der Waals surface area (Å²) in [5.41, 5.74) is 6.59. The topological polar surface area (TPSA) is 95.6 Å². The van der Waals surface area contributed by atoms with Gasteiger partial charge in [-0.25, -0.2) is 8.78 Å². The van der Waals surface area contributed by atoms with Gasteiger partial charge < -0.3 is 5.73 Å². The van der Waals surface area contributed by atoms with Gasteiger partial charge in [-0.1, -0.05) is 24.3 Å². The molecule has 1 aromatic heterocycles. The maximum atomic E-state index is 13.8. The van der Waals surface area contributed by atoms with E-state index in [1.54, 1.807) is 12.1 Å². The zero-order chi connectivity index (χ0) is 21.4. The number of thiazole rings is 1. The first-order valence-electron chi connectivity index (χ1n) is 8.73. The van der Waals surface area contributed by atoms with Crippen LogP contribution in [0.2, 0.25) is 0 Å². The van der Waals surface area contributed by atoms with Crippen molar-refractivity contribution in [2.45, 2.75) is 5.92 Å². The third-order valence-corrected chi connectivity index (χ3v) is 5.83. The molecule has 2 aromatic carbocycles. The molecule has 5 nitrogen and oxygen atoms in total. The molecule has 0 radical (unpaired) electrons. The van der Waals surface area contributed by atoms with Crippen LogP contribution in [-0.2, 0) is 0 Å². The number of nitrogens with zero attached hydrogens (tertiary/aromatic N) is 3. The van der Waals surface area contributed by atoms with Gasteiger partial charge in [-0.3, -0.25) is 9.36 Å². The SMILES string of the molecule is N#CC1=C(N)n2c(sc(=Cc3cccc(F)c3)c2=O)=C(C#N)C1c1cccc(F)c1. The second kappa shape index (κ2) is 7.43. The Bertz CT molecular complexity index is 1480. The van der Waals surface area contributed by atoms with E-state index in [0.29, 0.717) is 11.1 Å². The zero-order valence-electron chi connectivity index (χ0n) is 15.3. The minimum atomic E-state index is -0.893. The molecular weight excluding hydrogens is 406 g/mol. The van der Waals surface area contributed by atoms with Gasteiger partial charge in [0.2, 0.25) is 0 Å². The maximum Gasteiger partial charge on any atom is 0.274 e. The molecule has 4 rings (SSSR count). The molecule has 1 aliphatic heterocycles. The van der Waals surface area contributed by atoms with Crippen molar-refractivity contribution < 1.29 is 8.78 Å². The summed E-state index contributed by atoms with van der Waals surface area (Å²) in [6.45, 7) is 0. The molecule has 1 aliphatic rings. The van der Waals surface area contributed by atoms with E-state index >= 15 is 0 Å². The van der Waals surface area contributed by atoms with E-state index in [4.69, 9.17) is 5.73 Å². The van der Waals surface area contributed by atoms with Crippen LogP contribution in [-0.4, -0.2) is 4.57 Å². The van der Waals surface area contributed by atoms with Crippen LogP contribution in [0.3, 0.4) is 0 Å². The Hall–Kier alpha value is -4.01. The molecule has 1 unspecified atom stereocenters. The lowest BCUT2D eigenvalue weighted by molar-refractivity contribution is 0.625. The Labute approximate surface area is 173 Å². The Morgan fingerprint density at radius 3 is 2.33 bits per heavy atom. The van der Waals surface area contributed by atoms with Crippen LogP contribution in [0.4, 0.5) is 8.78 Å². The van der Waals surface area contributed by atoms with Crippen molar-refractivity contribution in [2.75, 3.05) is 0 Å². The molecule has 0 bridgehead atoms.